The minimum Gasteiger partial charge on any atom is -0.367 e. The van der Waals surface area contributed by atoms with Crippen molar-refractivity contribution in [1.82, 2.24) is 5.32 Å². The van der Waals surface area contributed by atoms with E-state index in [1.165, 1.54) is 4.91 Å². The van der Waals surface area contributed by atoms with Crippen LogP contribution in [-0.2, 0) is 0 Å². The standard InChI is InChI=1S/C5H9BrN2S/c6-2-1-4-3-8-5(7)9-4/h3,5,8H,1-2,7H2. The third-order valence-electron chi connectivity index (χ3n) is 1.03. The maximum Gasteiger partial charge on any atom is 0.127 e. The van der Waals surface area contributed by atoms with Gasteiger partial charge in [-0.05, 0) is 6.42 Å². The van der Waals surface area contributed by atoms with Crippen LogP contribution in [-0.4, -0.2) is 10.8 Å². The first-order chi connectivity index (χ1) is 4.33. The average molecular weight is 209 g/mol. The molecule has 2 nitrogen and oxygen atoms in total. The van der Waals surface area contributed by atoms with Crippen LogP contribution in [0.3, 0.4) is 0 Å². The summed E-state index contributed by atoms with van der Waals surface area (Å²) in [5.74, 6) is 0. The van der Waals surface area contributed by atoms with Crippen LogP contribution in [0.1, 0.15) is 6.42 Å². The minimum atomic E-state index is 0.0825. The van der Waals surface area contributed by atoms with Crippen molar-refractivity contribution >= 4 is 27.7 Å². The van der Waals surface area contributed by atoms with Gasteiger partial charge in [-0.15, -0.1) is 0 Å². The van der Waals surface area contributed by atoms with Gasteiger partial charge in [-0.3, -0.25) is 0 Å². The van der Waals surface area contributed by atoms with Crippen LogP contribution in [0.5, 0.6) is 0 Å². The lowest BCUT2D eigenvalue weighted by molar-refractivity contribution is 0.835. The molecule has 1 unspecified atom stereocenters. The van der Waals surface area contributed by atoms with Crippen molar-refractivity contribution in [3.8, 4) is 0 Å². The van der Waals surface area contributed by atoms with Crippen molar-refractivity contribution in [3.63, 3.8) is 0 Å². The van der Waals surface area contributed by atoms with Gasteiger partial charge in [0.1, 0.15) is 5.50 Å². The highest BCUT2D eigenvalue weighted by Gasteiger charge is 2.10. The second-order valence-corrected chi connectivity index (χ2v) is 3.82. The molecule has 0 radical (unpaired) electrons. The molecule has 0 saturated heterocycles. The van der Waals surface area contributed by atoms with Crippen LogP contribution in [0.2, 0.25) is 0 Å². The lowest BCUT2D eigenvalue weighted by atomic mass is 10.5. The predicted molar refractivity (Wildman–Crippen MR) is 45.2 cm³/mol. The molecular formula is C5H9BrN2S. The third-order valence-corrected chi connectivity index (χ3v) is 2.44. The quantitative estimate of drug-likeness (QED) is 0.671. The average Bonchev–Trinajstić information content (AvgIpc) is 2.17. The van der Waals surface area contributed by atoms with Crippen molar-refractivity contribution in [1.29, 1.82) is 0 Å². The summed E-state index contributed by atoms with van der Waals surface area (Å²) in [6, 6.07) is 0. The Bertz CT molecular complexity index is 126. The zero-order valence-corrected chi connectivity index (χ0v) is 7.33. The van der Waals surface area contributed by atoms with Gasteiger partial charge >= 0.3 is 0 Å². The molecule has 4 heteroatoms. The van der Waals surface area contributed by atoms with Crippen molar-refractivity contribution in [2.24, 2.45) is 5.73 Å². The number of halogens is 1. The van der Waals surface area contributed by atoms with Crippen LogP contribution >= 0.6 is 27.7 Å². The topological polar surface area (TPSA) is 38.0 Å². The number of allylic oxidation sites excluding steroid dienone is 1. The highest BCUT2D eigenvalue weighted by atomic mass is 79.9. The Hall–Kier alpha value is 0.330. The van der Waals surface area contributed by atoms with Crippen molar-refractivity contribution in [2.75, 3.05) is 5.33 Å². The molecule has 0 saturated carbocycles. The Morgan fingerprint density at radius 1 is 1.89 bits per heavy atom. The number of rotatable bonds is 2. The van der Waals surface area contributed by atoms with E-state index in [1.807, 2.05) is 6.20 Å². The first kappa shape index (κ1) is 7.44. The van der Waals surface area contributed by atoms with Crippen molar-refractivity contribution < 1.29 is 0 Å². The molecule has 0 aromatic carbocycles. The summed E-state index contributed by atoms with van der Waals surface area (Å²) in [7, 11) is 0. The van der Waals surface area contributed by atoms with E-state index in [-0.39, 0.29) is 5.50 Å². The number of nitrogens with one attached hydrogen (secondary N) is 1. The molecule has 0 spiro atoms. The highest BCUT2D eigenvalue weighted by molar-refractivity contribution is 9.09. The minimum absolute atomic E-state index is 0.0825. The monoisotopic (exact) mass is 208 g/mol. The fraction of sp³-hybridized carbons (Fsp3) is 0.600. The molecule has 9 heavy (non-hydrogen) atoms. The van der Waals surface area contributed by atoms with Crippen LogP contribution in [0.25, 0.3) is 0 Å². The van der Waals surface area contributed by atoms with Gasteiger partial charge < -0.3 is 11.1 Å². The van der Waals surface area contributed by atoms with Crippen LogP contribution < -0.4 is 11.1 Å². The Balaban J connectivity index is 2.27. The maximum atomic E-state index is 5.54. The normalized spacial score (nSPS) is 25.6. The first-order valence-electron chi connectivity index (χ1n) is 2.76. The summed E-state index contributed by atoms with van der Waals surface area (Å²) in [6.45, 7) is 0. The van der Waals surface area contributed by atoms with Crippen LogP contribution in [0.15, 0.2) is 11.1 Å². The lowest BCUT2D eigenvalue weighted by Crippen LogP contribution is -2.25. The Morgan fingerprint density at radius 3 is 3.11 bits per heavy atom. The molecule has 1 aliphatic rings. The summed E-state index contributed by atoms with van der Waals surface area (Å²) in [4.78, 5) is 1.33. The molecule has 1 heterocycles. The summed E-state index contributed by atoms with van der Waals surface area (Å²) in [6.07, 6.45) is 3.06. The molecular weight excluding hydrogens is 200 g/mol. The smallest absolute Gasteiger partial charge is 0.127 e. The lowest BCUT2D eigenvalue weighted by Gasteiger charge is -2.00. The zero-order chi connectivity index (χ0) is 6.69. The second kappa shape index (κ2) is 3.49. The van der Waals surface area contributed by atoms with E-state index >= 15 is 0 Å². The van der Waals surface area contributed by atoms with Crippen LogP contribution in [0, 0.1) is 0 Å². The van der Waals surface area contributed by atoms with Gasteiger partial charge in [0, 0.05) is 16.4 Å². The first-order valence-corrected chi connectivity index (χ1v) is 4.76. The SMILES string of the molecule is NC1NC=C(CCBr)S1. The summed E-state index contributed by atoms with van der Waals surface area (Å²) in [5.41, 5.74) is 5.62. The van der Waals surface area contributed by atoms with Gasteiger partial charge in [0.05, 0.1) is 0 Å². The van der Waals surface area contributed by atoms with Crippen LogP contribution in [0.4, 0.5) is 0 Å². The van der Waals surface area contributed by atoms with E-state index in [0.717, 1.165) is 11.8 Å². The number of hydrogen-bond donors (Lipinski definition) is 2. The molecule has 0 aromatic rings. The maximum absolute atomic E-state index is 5.54. The van der Waals surface area contributed by atoms with Gasteiger partial charge in [0.15, 0.2) is 0 Å². The molecule has 1 rings (SSSR count). The Morgan fingerprint density at radius 2 is 2.67 bits per heavy atom. The largest absolute Gasteiger partial charge is 0.367 e. The van der Waals surface area contributed by atoms with E-state index in [4.69, 9.17) is 5.73 Å². The molecule has 3 N–H and O–H groups in total. The highest BCUT2D eigenvalue weighted by Crippen LogP contribution is 2.25. The Kier molecular flexibility index (Phi) is 2.88. The Labute approximate surface area is 67.4 Å². The number of alkyl halides is 1. The van der Waals surface area contributed by atoms with Gasteiger partial charge in [0.2, 0.25) is 0 Å². The number of hydrogen-bond acceptors (Lipinski definition) is 3. The van der Waals surface area contributed by atoms with Gasteiger partial charge in [-0.2, -0.15) is 0 Å². The molecule has 0 aromatic heterocycles. The van der Waals surface area contributed by atoms with E-state index < -0.39 is 0 Å². The molecule has 1 atom stereocenters. The fourth-order valence-corrected chi connectivity index (χ4v) is 2.14. The number of nitrogens with two attached hydrogens (primary N) is 1. The molecule has 1 aliphatic heterocycles. The van der Waals surface area contributed by atoms with E-state index in [9.17, 15) is 0 Å². The molecule has 52 valence electrons. The summed E-state index contributed by atoms with van der Waals surface area (Å²) in [5, 5.41) is 4.03. The second-order valence-electron chi connectivity index (χ2n) is 1.75. The summed E-state index contributed by atoms with van der Waals surface area (Å²) >= 11 is 5.04. The zero-order valence-electron chi connectivity index (χ0n) is 4.93. The van der Waals surface area contributed by atoms with E-state index in [2.05, 4.69) is 21.2 Å². The number of thioether (sulfide) groups is 1. The molecule has 0 fully saturated rings. The van der Waals surface area contributed by atoms with Gasteiger partial charge in [-0.25, -0.2) is 0 Å². The van der Waals surface area contributed by atoms with Crippen molar-refractivity contribution in [2.45, 2.75) is 11.9 Å². The molecule has 0 bridgehead atoms. The molecule has 0 aliphatic carbocycles. The van der Waals surface area contributed by atoms with E-state index in [0.29, 0.717) is 0 Å². The van der Waals surface area contributed by atoms with Crippen molar-refractivity contribution in [3.05, 3.63) is 11.1 Å². The predicted octanol–water partition coefficient (Wildman–Crippen LogP) is 1.19. The fourth-order valence-electron chi connectivity index (χ4n) is 0.630. The third kappa shape index (κ3) is 2.20. The van der Waals surface area contributed by atoms with E-state index in [1.54, 1.807) is 11.8 Å². The van der Waals surface area contributed by atoms with Gasteiger partial charge in [0.25, 0.3) is 0 Å². The molecule has 0 amide bonds. The van der Waals surface area contributed by atoms with Gasteiger partial charge in [-0.1, -0.05) is 27.7 Å². The summed E-state index contributed by atoms with van der Waals surface area (Å²) < 4.78 is 0.